The number of hydrogen-bond donors (Lipinski definition) is 1. The van der Waals surface area contributed by atoms with E-state index in [-0.39, 0.29) is 0 Å². The molecule has 100 valence electrons. The summed E-state index contributed by atoms with van der Waals surface area (Å²) in [5.41, 5.74) is 6.60. The SMILES string of the molecule is CCCOc1cc(Sc2ccccc2Br)ccc1N. The molecule has 0 bridgehead atoms. The van der Waals surface area contributed by atoms with Crippen LogP contribution in [0.15, 0.2) is 56.7 Å². The number of halogens is 1. The van der Waals surface area contributed by atoms with Crippen LogP contribution in [0.2, 0.25) is 0 Å². The van der Waals surface area contributed by atoms with Gasteiger partial charge in [0.1, 0.15) is 5.75 Å². The Morgan fingerprint density at radius 2 is 2.00 bits per heavy atom. The van der Waals surface area contributed by atoms with Crippen molar-refractivity contribution in [3.63, 3.8) is 0 Å². The van der Waals surface area contributed by atoms with E-state index in [1.54, 1.807) is 11.8 Å². The minimum atomic E-state index is 0.685. The van der Waals surface area contributed by atoms with Gasteiger partial charge in [-0.05, 0) is 52.7 Å². The molecule has 0 aliphatic heterocycles. The molecule has 2 aromatic rings. The number of hydrogen-bond acceptors (Lipinski definition) is 3. The van der Waals surface area contributed by atoms with Crippen LogP contribution in [0.25, 0.3) is 0 Å². The molecule has 0 saturated heterocycles. The molecule has 0 amide bonds. The number of benzene rings is 2. The molecule has 0 saturated carbocycles. The molecular formula is C15H16BrNOS. The van der Waals surface area contributed by atoms with Crippen LogP contribution in [0, 0.1) is 0 Å². The van der Waals surface area contributed by atoms with Gasteiger partial charge in [0, 0.05) is 14.3 Å². The highest BCUT2D eigenvalue weighted by Crippen LogP contribution is 2.36. The second-order valence-electron chi connectivity index (χ2n) is 4.08. The van der Waals surface area contributed by atoms with Crippen molar-refractivity contribution in [2.45, 2.75) is 23.1 Å². The average Bonchev–Trinajstić information content (AvgIpc) is 2.42. The zero-order chi connectivity index (χ0) is 13.7. The van der Waals surface area contributed by atoms with E-state index in [0.717, 1.165) is 21.5 Å². The highest BCUT2D eigenvalue weighted by Gasteiger charge is 2.05. The van der Waals surface area contributed by atoms with Crippen molar-refractivity contribution in [1.82, 2.24) is 0 Å². The van der Waals surface area contributed by atoms with Crippen LogP contribution >= 0.6 is 27.7 Å². The van der Waals surface area contributed by atoms with Crippen LogP contribution < -0.4 is 10.5 Å². The first kappa shape index (κ1) is 14.3. The van der Waals surface area contributed by atoms with Gasteiger partial charge in [0.05, 0.1) is 12.3 Å². The molecule has 0 aliphatic carbocycles. The van der Waals surface area contributed by atoms with Crippen molar-refractivity contribution >= 4 is 33.4 Å². The van der Waals surface area contributed by atoms with Crippen molar-refractivity contribution in [2.24, 2.45) is 0 Å². The van der Waals surface area contributed by atoms with Gasteiger partial charge < -0.3 is 10.5 Å². The molecule has 2 aromatic carbocycles. The maximum atomic E-state index is 5.91. The number of nitrogen functional groups attached to an aromatic ring is 1. The van der Waals surface area contributed by atoms with Gasteiger partial charge in [0.2, 0.25) is 0 Å². The van der Waals surface area contributed by atoms with Crippen molar-refractivity contribution in [3.8, 4) is 5.75 Å². The summed E-state index contributed by atoms with van der Waals surface area (Å²) in [6.07, 6.45) is 0.973. The number of anilines is 1. The van der Waals surface area contributed by atoms with Crippen LogP contribution in [0.5, 0.6) is 5.75 Å². The van der Waals surface area contributed by atoms with Crippen molar-refractivity contribution < 1.29 is 4.74 Å². The fourth-order valence-electron chi connectivity index (χ4n) is 1.57. The van der Waals surface area contributed by atoms with Gasteiger partial charge in [-0.2, -0.15) is 0 Å². The van der Waals surface area contributed by atoms with Gasteiger partial charge in [0.25, 0.3) is 0 Å². The quantitative estimate of drug-likeness (QED) is 0.782. The molecule has 4 heteroatoms. The van der Waals surface area contributed by atoms with E-state index in [4.69, 9.17) is 10.5 Å². The van der Waals surface area contributed by atoms with Crippen LogP contribution in [-0.4, -0.2) is 6.61 Å². The molecule has 0 heterocycles. The van der Waals surface area contributed by atoms with Crippen LogP contribution in [0.3, 0.4) is 0 Å². The maximum Gasteiger partial charge on any atom is 0.143 e. The molecule has 0 aromatic heterocycles. The Hall–Kier alpha value is -1.13. The Balaban J connectivity index is 2.19. The molecule has 0 aliphatic rings. The lowest BCUT2D eigenvalue weighted by molar-refractivity contribution is 0.318. The first-order chi connectivity index (χ1) is 9.20. The molecule has 19 heavy (non-hydrogen) atoms. The molecule has 0 atom stereocenters. The lowest BCUT2D eigenvalue weighted by atomic mass is 10.3. The first-order valence-corrected chi connectivity index (χ1v) is 7.76. The van der Waals surface area contributed by atoms with Gasteiger partial charge in [-0.25, -0.2) is 0 Å². The van der Waals surface area contributed by atoms with Crippen LogP contribution in [-0.2, 0) is 0 Å². The summed E-state index contributed by atoms with van der Waals surface area (Å²) in [4.78, 5) is 2.29. The topological polar surface area (TPSA) is 35.2 Å². The van der Waals surface area contributed by atoms with Crippen LogP contribution in [0.4, 0.5) is 5.69 Å². The second-order valence-corrected chi connectivity index (χ2v) is 6.05. The van der Waals surface area contributed by atoms with Gasteiger partial charge in [-0.3, -0.25) is 0 Å². The molecule has 2 nitrogen and oxygen atoms in total. The number of rotatable bonds is 5. The summed E-state index contributed by atoms with van der Waals surface area (Å²) in [5.74, 6) is 0.763. The fourth-order valence-corrected chi connectivity index (χ4v) is 2.97. The highest BCUT2D eigenvalue weighted by molar-refractivity contribution is 9.10. The summed E-state index contributed by atoms with van der Waals surface area (Å²) >= 11 is 5.24. The third-order valence-electron chi connectivity index (χ3n) is 2.51. The zero-order valence-electron chi connectivity index (χ0n) is 10.7. The molecule has 0 fully saturated rings. The Labute approximate surface area is 126 Å². The predicted octanol–water partition coefficient (Wildman–Crippen LogP) is 4.97. The summed E-state index contributed by atoms with van der Waals surface area (Å²) < 4.78 is 6.74. The Bertz CT molecular complexity index is 560. The molecule has 0 spiro atoms. The summed E-state index contributed by atoms with van der Waals surface area (Å²) in [6.45, 7) is 2.77. The Morgan fingerprint density at radius 1 is 1.21 bits per heavy atom. The zero-order valence-corrected chi connectivity index (χ0v) is 13.1. The largest absolute Gasteiger partial charge is 0.491 e. The highest BCUT2D eigenvalue weighted by atomic mass is 79.9. The van der Waals surface area contributed by atoms with E-state index in [9.17, 15) is 0 Å². The molecule has 0 radical (unpaired) electrons. The predicted molar refractivity (Wildman–Crippen MR) is 84.9 cm³/mol. The van der Waals surface area contributed by atoms with Gasteiger partial charge in [-0.15, -0.1) is 0 Å². The van der Waals surface area contributed by atoms with E-state index in [2.05, 4.69) is 28.9 Å². The third kappa shape index (κ3) is 3.91. The molecule has 2 rings (SSSR count). The number of nitrogens with two attached hydrogens (primary N) is 1. The lowest BCUT2D eigenvalue weighted by Gasteiger charge is -2.10. The molecule has 0 unspecified atom stereocenters. The van der Waals surface area contributed by atoms with Gasteiger partial charge in [-0.1, -0.05) is 30.8 Å². The van der Waals surface area contributed by atoms with Crippen molar-refractivity contribution in [3.05, 3.63) is 46.9 Å². The summed E-state index contributed by atoms with van der Waals surface area (Å²) in [7, 11) is 0. The number of ether oxygens (including phenoxy) is 1. The van der Waals surface area contributed by atoms with E-state index < -0.39 is 0 Å². The summed E-state index contributed by atoms with van der Waals surface area (Å²) in [6, 6.07) is 14.1. The van der Waals surface area contributed by atoms with Crippen LogP contribution in [0.1, 0.15) is 13.3 Å². The monoisotopic (exact) mass is 337 g/mol. The smallest absolute Gasteiger partial charge is 0.143 e. The van der Waals surface area contributed by atoms with Crippen molar-refractivity contribution in [1.29, 1.82) is 0 Å². The minimum absolute atomic E-state index is 0.685. The van der Waals surface area contributed by atoms with E-state index in [1.807, 2.05) is 36.4 Å². The van der Waals surface area contributed by atoms with E-state index in [0.29, 0.717) is 12.3 Å². The fraction of sp³-hybridized carbons (Fsp3) is 0.200. The molecular weight excluding hydrogens is 322 g/mol. The second kappa shape index (κ2) is 6.87. The van der Waals surface area contributed by atoms with Gasteiger partial charge in [0.15, 0.2) is 0 Å². The van der Waals surface area contributed by atoms with E-state index >= 15 is 0 Å². The summed E-state index contributed by atoms with van der Waals surface area (Å²) in [5, 5.41) is 0. The van der Waals surface area contributed by atoms with E-state index in [1.165, 1.54) is 4.90 Å². The minimum Gasteiger partial charge on any atom is -0.491 e. The Kier molecular flexibility index (Phi) is 5.16. The lowest BCUT2D eigenvalue weighted by Crippen LogP contribution is -1.98. The third-order valence-corrected chi connectivity index (χ3v) is 4.53. The molecule has 2 N–H and O–H groups in total. The normalized spacial score (nSPS) is 10.4. The average molecular weight is 338 g/mol. The maximum absolute atomic E-state index is 5.91. The standard InChI is InChI=1S/C15H16BrNOS/c1-2-9-18-14-10-11(7-8-13(14)17)19-15-6-4-3-5-12(15)16/h3-8,10H,2,9,17H2,1H3. The van der Waals surface area contributed by atoms with Crippen molar-refractivity contribution in [2.75, 3.05) is 12.3 Å². The Morgan fingerprint density at radius 3 is 2.74 bits per heavy atom. The van der Waals surface area contributed by atoms with Gasteiger partial charge >= 0.3 is 0 Å². The first-order valence-electron chi connectivity index (χ1n) is 6.15.